The molecule has 0 saturated carbocycles. The van der Waals surface area contributed by atoms with Crippen molar-refractivity contribution in [3.63, 3.8) is 0 Å². The van der Waals surface area contributed by atoms with E-state index in [1.807, 2.05) is 0 Å². The highest BCUT2D eigenvalue weighted by Gasteiger charge is 2.34. The number of rotatable bonds is 3. The van der Waals surface area contributed by atoms with E-state index in [4.69, 9.17) is 5.14 Å². The highest BCUT2D eigenvalue weighted by Crippen LogP contribution is 2.42. The molecule has 1 heterocycles. The SMILES string of the molecule is CC(C)NS(=O)(=O)S1(N)C=NN=C1. The number of hydrogen-bond donors (Lipinski definition) is 2. The van der Waals surface area contributed by atoms with E-state index >= 15 is 0 Å². The maximum Gasteiger partial charge on any atom is 0.268 e. The molecule has 13 heavy (non-hydrogen) atoms. The molecule has 0 amide bonds. The molecule has 8 heteroatoms. The molecule has 1 aliphatic rings. The van der Waals surface area contributed by atoms with Gasteiger partial charge in [0.1, 0.15) is 0 Å². The summed E-state index contributed by atoms with van der Waals surface area (Å²) in [6.45, 7) is 3.45. The highest BCUT2D eigenvalue weighted by molar-refractivity contribution is 8.99. The Labute approximate surface area is 78.2 Å². The Bertz CT molecular complexity index is 334. The summed E-state index contributed by atoms with van der Waals surface area (Å²) in [6, 6.07) is -0.180. The molecule has 6 nitrogen and oxygen atoms in total. The topological polar surface area (TPSA) is 96.9 Å². The molecule has 0 bridgehead atoms. The summed E-state index contributed by atoms with van der Waals surface area (Å²) in [4.78, 5) is 0. The van der Waals surface area contributed by atoms with E-state index in [0.717, 1.165) is 0 Å². The van der Waals surface area contributed by atoms with Crippen LogP contribution in [0.1, 0.15) is 13.8 Å². The highest BCUT2D eigenvalue weighted by atomic mass is 33.2. The fourth-order valence-corrected chi connectivity index (χ4v) is 4.13. The Morgan fingerprint density at radius 1 is 1.38 bits per heavy atom. The predicted octanol–water partition coefficient (Wildman–Crippen LogP) is -0.107. The average Bonchev–Trinajstić information content (AvgIpc) is 2.34. The molecule has 0 aliphatic carbocycles. The molecule has 1 aliphatic heterocycles. The number of nitrogens with zero attached hydrogens (tertiary/aromatic N) is 2. The smallest absolute Gasteiger partial charge is 0.268 e. The molecule has 1 rings (SSSR count). The Balaban J connectivity index is 2.94. The summed E-state index contributed by atoms with van der Waals surface area (Å²) in [5.74, 6) is 0. The lowest BCUT2D eigenvalue weighted by atomic mass is 10.4. The van der Waals surface area contributed by atoms with Crippen LogP contribution in [0.25, 0.3) is 0 Å². The first-order valence-electron chi connectivity index (χ1n) is 3.57. The predicted molar refractivity (Wildman–Crippen MR) is 56.0 cm³/mol. The molecule has 0 aromatic rings. The lowest BCUT2D eigenvalue weighted by molar-refractivity contribution is 0.585. The van der Waals surface area contributed by atoms with E-state index in [1.165, 1.54) is 11.1 Å². The van der Waals surface area contributed by atoms with Crippen molar-refractivity contribution in [1.29, 1.82) is 0 Å². The van der Waals surface area contributed by atoms with Crippen molar-refractivity contribution in [3.05, 3.63) is 0 Å². The van der Waals surface area contributed by atoms with Crippen LogP contribution in [0.5, 0.6) is 0 Å². The minimum Gasteiger partial charge on any atom is -0.273 e. The Morgan fingerprint density at radius 3 is 2.23 bits per heavy atom. The Hall–Kier alpha value is -0.440. The molecule has 3 N–H and O–H groups in total. The zero-order valence-electron chi connectivity index (χ0n) is 7.34. The van der Waals surface area contributed by atoms with Crippen molar-refractivity contribution in [2.45, 2.75) is 19.9 Å². The van der Waals surface area contributed by atoms with Crippen LogP contribution < -0.4 is 9.86 Å². The second kappa shape index (κ2) is 3.37. The van der Waals surface area contributed by atoms with Gasteiger partial charge in [-0.2, -0.15) is 10.2 Å². The molecule has 76 valence electrons. The van der Waals surface area contributed by atoms with Gasteiger partial charge < -0.3 is 0 Å². The van der Waals surface area contributed by atoms with Crippen LogP contribution >= 0.6 is 9.25 Å². The third-order valence-corrected chi connectivity index (χ3v) is 6.70. The van der Waals surface area contributed by atoms with Crippen LogP contribution in [0, 0.1) is 0 Å². The second-order valence-corrected chi connectivity index (χ2v) is 8.87. The number of hydrogen-bond acceptors (Lipinski definition) is 5. The van der Waals surface area contributed by atoms with E-state index in [9.17, 15) is 8.42 Å². The number of nitrogens with two attached hydrogens (primary N) is 1. The van der Waals surface area contributed by atoms with Crippen LogP contribution in [-0.4, -0.2) is 25.6 Å². The van der Waals surface area contributed by atoms with Crippen molar-refractivity contribution in [2.75, 3.05) is 0 Å². The summed E-state index contributed by atoms with van der Waals surface area (Å²) < 4.78 is 25.6. The lowest BCUT2D eigenvalue weighted by Crippen LogP contribution is -2.37. The maximum atomic E-state index is 11.6. The monoisotopic (exact) mass is 224 g/mol. The molecule has 0 aromatic carbocycles. The summed E-state index contributed by atoms with van der Waals surface area (Å²) in [7, 11) is -6.05. The number of nitrogens with one attached hydrogen (secondary N) is 1. The van der Waals surface area contributed by atoms with E-state index in [-0.39, 0.29) is 6.04 Å². The van der Waals surface area contributed by atoms with Gasteiger partial charge in [0.25, 0.3) is 9.06 Å². The fraction of sp³-hybridized carbons (Fsp3) is 0.600. The zero-order chi connectivity index (χ0) is 10.1. The maximum absolute atomic E-state index is 11.6. The molecular weight excluding hydrogens is 212 g/mol. The summed E-state index contributed by atoms with van der Waals surface area (Å²) >= 11 is 0. The molecule has 0 fully saturated rings. The minimum atomic E-state index is -3.55. The summed E-state index contributed by atoms with van der Waals surface area (Å²) in [6.07, 6.45) is 0. The van der Waals surface area contributed by atoms with E-state index in [2.05, 4.69) is 14.9 Å². The third-order valence-electron chi connectivity index (χ3n) is 1.25. The molecule has 0 spiro atoms. The molecule has 0 saturated heterocycles. The van der Waals surface area contributed by atoms with Gasteiger partial charge in [-0.25, -0.2) is 13.1 Å². The largest absolute Gasteiger partial charge is 0.273 e. The van der Waals surface area contributed by atoms with Crippen LogP contribution in [-0.2, 0) is 9.06 Å². The van der Waals surface area contributed by atoms with Gasteiger partial charge in [0.2, 0.25) is 0 Å². The van der Waals surface area contributed by atoms with Crippen LogP contribution in [0.3, 0.4) is 0 Å². The molecule has 0 unspecified atom stereocenters. The Kier molecular flexibility index (Phi) is 2.76. The standard InChI is InChI=1S/C5H12N4O2S2/c1-5(2)9-13(10,11)12(6)3-7-8-4-12/h3-5,9H,6H2,1-2H3. The van der Waals surface area contributed by atoms with Crippen molar-refractivity contribution < 1.29 is 8.42 Å². The molecule has 0 radical (unpaired) electrons. The van der Waals surface area contributed by atoms with E-state index < -0.39 is 18.3 Å². The van der Waals surface area contributed by atoms with Gasteiger partial charge in [-0.3, -0.25) is 5.14 Å². The summed E-state index contributed by atoms with van der Waals surface area (Å²) in [5.41, 5.74) is 2.36. The quantitative estimate of drug-likeness (QED) is 0.655. The normalized spacial score (nSPS) is 22.5. The van der Waals surface area contributed by atoms with E-state index in [0.29, 0.717) is 0 Å². The second-order valence-electron chi connectivity index (χ2n) is 2.87. The Morgan fingerprint density at radius 2 is 1.85 bits per heavy atom. The zero-order valence-corrected chi connectivity index (χ0v) is 8.97. The van der Waals surface area contributed by atoms with Crippen LogP contribution in [0.15, 0.2) is 10.2 Å². The molecule has 0 atom stereocenters. The van der Waals surface area contributed by atoms with Crippen molar-refractivity contribution in [1.82, 2.24) is 4.72 Å². The lowest BCUT2D eigenvalue weighted by Gasteiger charge is -2.23. The van der Waals surface area contributed by atoms with Gasteiger partial charge in [-0.1, -0.05) is 0 Å². The van der Waals surface area contributed by atoms with Crippen molar-refractivity contribution >= 4 is 29.4 Å². The van der Waals surface area contributed by atoms with Gasteiger partial charge in [0, 0.05) is 15.3 Å². The van der Waals surface area contributed by atoms with Crippen LogP contribution in [0.4, 0.5) is 0 Å². The first kappa shape index (κ1) is 10.6. The van der Waals surface area contributed by atoms with Crippen LogP contribution in [0.2, 0.25) is 0 Å². The van der Waals surface area contributed by atoms with Gasteiger partial charge in [0.05, 0.1) is 11.1 Å². The van der Waals surface area contributed by atoms with Gasteiger partial charge in [-0.05, 0) is 13.8 Å². The summed E-state index contributed by atoms with van der Waals surface area (Å²) in [5, 5.41) is 12.5. The van der Waals surface area contributed by atoms with Crippen molar-refractivity contribution in [2.24, 2.45) is 15.3 Å². The first-order valence-corrected chi connectivity index (χ1v) is 7.39. The van der Waals surface area contributed by atoms with E-state index in [1.54, 1.807) is 13.8 Å². The minimum absolute atomic E-state index is 0.180. The first-order chi connectivity index (χ1) is 5.87. The average molecular weight is 224 g/mol. The fourth-order valence-electron chi connectivity index (χ4n) is 0.714. The third kappa shape index (κ3) is 2.08. The van der Waals surface area contributed by atoms with Gasteiger partial charge in [0.15, 0.2) is 0 Å². The van der Waals surface area contributed by atoms with Gasteiger partial charge >= 0.3 is 0 Å². The molecular formula is C5H12N4O2S2. The van der Waals surface area contributed by atoms with Crippen molar-refractivity contribution in [3.8, 4) is 0 Å². The molecule has 0 aromatic heterocycles. The van der Waals surface area contributed by atoms with Gasteiger partial charge in [-0.15, -0.1) is 0 Å².